The number of carbonyl (C=O) groups is 1. The number of fused-ring (bicyclic) bond motifs is 1. The van der Waals surface area contributed by atoms with E-state index < -0.39 is 0 Å². The monoisotopic (exact) mass is 337 g/mol. The first-order valence-electron chi connectivity index (χ1n) is 9.66. The molecule has 0 radical (unpaired) electrons. The summed E-state index contributed by atoms with van der Waals surface area (Å²) in [4.78, 5) is 20.2. The van der Waals surface area contributed by atoms with E-state index in [2.05, 4.69) is 17.1 Å². The van der Waals surface area contributed by atoms with Gasteiger partial charge in [0, 0.05) is 24.5 Å². The molecule has 2 fully saturated rings. The van der Waals surface area contributed by atoms with Gasteiger partial charge in [-0.25, -0.2) is 4.98 Å². The van der Waals surface area contributed by atoms with E-state index in [1.165, 1.54) is 25.7 Å². The van der Waals surface area contributed by atoms with Crippen molar-refractivity contribution >= 4 is 22.6 Å². The van der Waals surface area contributed by atoms with Crippen molar-refractivity contribution in [1.29, 1.82) is 0 Å². The fourth-order valence-corrected chi connectivity index (χ4v) is 4.24. The van der Waals surface area contributed by atoms with Gasteiger partial charge >= 0.3 is 0 Å². The van der Waals surface area contributed by atoms with Gasteiger partial charge in [-0.2, -0.15) is 0 Å². The second kappa shape index (κ2) is 7.03. The van der Waals surface area contributed by atoms with E-state index in [4.69, 9.17) is 4.98 Å². The van der Waals surface area contributed by atoms with E-state index in [1.807, 2.05) is 30.3 Å². The second-order valence-corrected chi connectivity index (χ2v) is 7.69. The number of benzene rings is 1. The molecule has 25 heavy (non-hydrogen) atoms. The number of rotatable bonds is 3. The Morgan fingerprint density at radius 3 is 2.76 bits per heavy atom. The number of amides is 1. The Morgan fingerprint density at radius 2 is 1.96 bits per heavy atom. The van der Waals surface area contributed by atoms with E-state index in [0.717, 1.165) is 48.2 Å². The van der Waals surface area contributed by atoms with Crippen molar-refractivity contribution in [2.75, 3.05) is 18.0 Å². The molecule has 2 aromatic rings. The molecule has 4 nitrogen and oxygen atoms in total. The minimum Gasteiger partial charge on any atom is -0.356 e. The fraction of sp³-hybridized carbons (Fsp3) is 0.524. The molecule has 1 aromatic heterocycles. The smallest absolute Gasteiger partial charge is 0.252 e. The highest BCUT2D eigenvalue weighted by Crippen LogP contribution is 2.27. The molecule has 1 N–H and O–H groups in total. The predicted octanol–water partition coefficient (Wildman–Crippen LogP) is 4.14. The third kappa shape index (κ3) is 3.48. The Kier molecular flexibility index (Phi) is 4.60. The molecular formula is C21H27N3O. The van der Waals surface area contributed by atoms with Crippen molar-refractivity contribution in [2.24, 2.45) is 5.92 Å². The van der Waals surface area contributed by atoms with Crippen LogP contribution in [-0.2, 0) is 0 Å². The van der Waals surface area contributed by atoms with E-state index in [1.54, 1.807) is 0 Å². The number of hydrogen-bond acceptors (Lipinski definition) is 3. The molecule has 1 saturated carbocycles. The van der Waals surface area contributed by atoms with Crippen LogP contribution in [0.4, 0.5) is 5.82 Å². The molecule has 1 aliphatic carbocycles. The van der Waals surface area contributed by atoms with Crippen molar-refractivity contribution in [1.82, 2.24) is 10.3 Å². The van der Waals surface area contributed by atoms with Crippen LogP contribution in [0.15, 0.2) is 30.3 Å². The summed E-state index contributed by atoms with van der Waals surface area (Å²) in [5, 5.41) is 4.19. The standard InChI is InChI=1S/C21H27N3O/c1-15-7-6-12-24(14-15)20-13-18(17-10-4-5-11-19(17)23-20)21(25)22-16-8-2-3-9-16/h4-5,10-11,13,15-16H,2-3,6-9,12,14H2,1H3,(H,22,25)/t15-/m1/s1. The maximum atomic E-state index is 13.0. The zero-order valence-corrected chi connectivity index (χ0v) is 15.0. The molecule has 2 aliphatic rings. The Balaban J connectivity index is 1.69. The third-order valence-electron chi connectivity index (χ3n) is 5.62. The Hall–Kier alpha value is -2.10. The zero-order valence-electron chi connectivity index (χ0n) is 15.0. The SMILES string of the molecule is C[C@@H]1CCCN(c2cc(C(=O)NC3CCCC3)c3ccccc3n2)C1. The molecule has 1 aliphatic heterocycles. The van der Waals surface area contributed by atoms with Crippen LogP contribution in [0.5, 0.6) is 0 Å². The first kappa shape index (κ1) is 16.4. The minimum absolute atomic E-state index is 0.0526. The normalized spacial score (nSPS) is 21.6. The molecule has 0 spiro atoms. The summed E-state index contributed by atoms with van der Waals surface area (Å²) in [7, 11) is 0. The largest absolute Gasteiger partial charge is 0.356 e. The van der Waals surface area contributed by atoms with Crippen molar-refractivity contribution in [2.45, 2.75) is 51.5 Å². The van der Waals surface area contributed by atoms with Crippen LogP contribution < -0.4 is 10.2 Å². The van der Waals surface area contributed by atoms with Crippen LogP contribution in [-0.4, -0.2) is 30.0 Å². The molecule has 1 saturated heterocycles. The number of pyridine rings is 1. The molecule has 132 valence electrons. The summed E-state index contributed by atoms with van der Waals surface area (Å²) in [5.41, 5.74) is 1.68. The quantitative estimate of drug-likeness (QED) is 0.915. The average molecular weight is 337 g/mol. The minimum atomic E-state index is 0.0526. The highest BCUT2D eigenvalue weighted by Gasteiger charge is 2.23. The predicted molar refractivity (Wildman–Crippen MR) is 102 cm³/mol. The van der Waals surface area contributed by atoms with Crippen LogP contribution in [0.2, 0.25) is 0 Å². The third-order valence-corrected chi connectivity index (χ3v) is 5.62. The second-order valence-electron chi connectivity index (χ2n) is 7.69. The Labute approximate surface area is 149 Å². The summed E-state index contributed by atoms with van der Waals surface area (Å²) >= 11 is 0. The molecule has 1 aromatic carbocycles. The summed E-state index contributed by atoms with van der Waals surface area (Å²) in [6.45, 7) is 4.34. The van der Waals surface area contributed by atoms with Gasteiger partial charge in [0.2, 0.25) is 0 Å². The molecule has 1 atom stereocenters. The van der Waals surface area contributed by atoms with Crippen molar-refractivity contribution in [3.63, 3.8) is 0 Å². The van der Waals surface area contributed by atoms with Gasteiger partial charge in [-0.3, -0.25) is 4.79 Å². The first-order chi connectivity index (χ1) is 12.2. The number of carbonyl (C=O) groups excluding carboxylic acids is 1. The van der Waals surface area contributed by atoms with E-state index >= 15 is 0 Å². The van der Waals surface area contributed by atoms with E-state index in [0.29, 0.717) is 12.0 Å². The lowest BCUT2D eigenvalue weighted by Crippen LogP contribution is -2.36. The lowest BCUT2D eigenvalue weighted by atomic mass is 10.00. The molecular weight excluding hydrogens is 310 g/mol. The average Bonchev–Trinajstić information content (AvgIpc) is 3.13. The molecule has 4 heteroatoms. The first-order valence-corrected chi connectivity index (χ1v) is 9.66. The van der Waals surface area contributed by atoms with Gasteiger partial charge in [0.25, 0.3) is 5.91 Å². The van der Waals surface area contributed by atoms with E-state index in [9.17, 15) is 4.79 Å². The van der Waals surface area contributed by atoms with E-state index in [-0.39, 0.29) is 5.91 Å². The lowest BCUT2D eigenvalue weighted by Gasteiger charge is -2.32. The number of nitrogens with zero attached hydrogens (tertiary/aromatic N) is 2. The molecule has 0 unspecified atom stereocenters. The molecule has 1 amide bonds. The highest BCUT2D eigenvalue weighted by molar-refractivity contribution is 6.07. The maximum absolute atomic E-state index is 13.0. The van der Waals surface area contributed by atoms with Crippen molar-refractivity contribution in [3.05, 3.63) is 35.9 Å². The van der Waals surface area contributed by atoms with Crippen LogP contribution in [0.1, 0.15) is 55.8 Å². The molecule has 2 heterocycles. The number of nitrogens with one attached hydrogen (secondary N) is 1. The van der Waals surface area contributed by atoms with Gasteiger partial charge < -0.3 is 10.2 Å². The Morgan fingerprint density at radius 1 is 1.16 bits per heavy atom. The van der Waals surface area contributed by atoms with Crippen LogP contribution in [0.25, 0.3) is 10.9 Å². The lowest BCUT2D eigenvalue weighted by molar-refractivity contribution is 0.0939. The maximum Gasteiger partial charge on any atom is 0.252 e. The van der Waals surface area contributed by atoms with Gasteiger partial charge in [-0.15, -0.1) is 0 Å². The van der Waals surface area contributed by atoms with Gasteiger partial charge in [0.15, 0.2) is 0 Å². The number of aromatic nitrogens is 1. The summed E-state index contributed by atoms with van der Waals surface area (Å²) in [6, 6.07) is 10.3. The van der Waals surface area contributed by atoms with Gasteiger partial charge in [-0.05, 0) is 43.7 Å². The van der Waals surface area contributed by atoms with Crippen molar-refractivity contribution < 1.29 is 4.79 Å². The fourth-order valence-electron chi connectivity index (χ4n) is 4.24. The highest BCUT2D eigenvalue weighted by atomic mass is 16.1. The van der Waals surface area contributed by atoms with Crippen molar-refractivity contribution in [3.8, 4) is 0 Å². The summed E-state index contributed by atoms with van der Waals surface area (Å²) in [6.07, 6.45) is 7.12. The summed E-state index contributed by atoms with van der Waals surface area (Å²) in [5.74, 6) is 1.68. The van der Waals surface area contributed by atoms with Gasteiger partial charge in [-0.1, -0.05) is 38.0 Å². The zero-order chi connectivity index (χ0) is 17.2. The number of anilines is 1. The summed E-state index contributed by atoms with van der Waals surface area (Å²) < 4.78 is 0. The Bertz CT molecular complexity index is 767. The molecule has 0 bridgehead atoms. The number of hydrogen-bond donors (Lipinski definition) is 1. The van der Waals surface area contributed by atoms with Crippen LogP contribution >= 0.6 is 0 Å². The van der Waals surface area contributed by atoms with Crippen LogP contribution in [0, 0.1) is 5.92 Å². The number of piperidine rings is 1. The number of para-hydroxylation sites is 1. The molecule has 4 rings (SSSR count). The van der Waals surface area contributed by atoms with Gasteiger partial charge in [0.05, 0.1) is 11.1 Å². The van der Waals surface area contributed by atoms with Gasteiger partial charge in [0.1, 0.15) is 5.82 Å². The van der Waals surface area contributed by atoms with Crippen LogP contribution in [0.3, 0.4) is 0 Å². The topological polar surface area (TPSA) is 45.2 Å².